The Hall–Kier alpha value is -2.06. The molecule has 1 amide bonds. The molecule has 3 rings (SSSR count). The second-order valence-corrected chi connectivity index (χ2v) is 8.48. The number of rotatable bonds is 5. The van der Waals surface area contributed by atoms with Crippen LogP contribution < -0.4 is 4.90 Å². The van der Waals surface area contributed by atoms with E-state index < -0.39 is 5.60 Å². The lowest BCUT2D eigenvalue weighted by atomic mass is 10.2. The molecule has 2 aromatic rings. The minimum Gasteiger partial charge on any atom is -0.444 e. The van der Waals surface area contributed by atoms with Crippen LogP contribution in [0.15, 0.2) is 24.5 Å². The molecule has 7 nitrogen and oxygen atoms in total. The van der Waals surface area contributed by atoms with Crippen molar-refractivity contribution >= 4 is 33.1 Å². The predicted octanol–water partition coefficient (Wildman–Crippen LogP) is 3.04. The Morgan fingerprint density at radius 2 is 2.04 bits per heavy atom. The van der Waals surface area contributed by atoms with Gasteiger partial charge in [-0.2, -0.15) is 0 Å². The lowest BCUT2D eigenvalue weighted by molar-refractivity contribution is 0.0263. The smallest absolute Gasteiger partial charge is 0.410 e. The Morgan fingerprint density at radius 3 is 2.79 bits per heavy atom. The second kappa shape index (κ2) is 8.96. The fourth-order valence-corrected chi connectivity index (χ4v) is 3.42. The van der Waals surface area contributed by atoms with Crippen LogP contribution in [0.5, 0.6) is 0 Å². The van der Waals surface area contributed by atoms with Crippen LogP contribution in [0.3, 0.4) is 0 Å². The Morgan fingerprint density at radius 1 is 1.21 bits per heavy atom. The molecule has 2 heterocycles. The molecular formula is C20H29N4O3Si. The number of ether oxygens (including phenoxy) is 2. The van der Waals surface area contributed by atoms with Gasteiger partial charge in [0.25, 0.3) is 0 Å². The third kappa shape index (κ3) is 5.26. The van der Waals surface area contributed by atoms with Gasteiger partial charge >= 0.3 is 6.09 Å². The highest BCUT2D eigenvalue weighted by Crippen LogP contribution is 2.23. The SMILES string of the molecule is CC(C)(C)OC(=O)N1CCCN(c2ccc3c(c2)ncn3COCC[Si])CC1. The summed E-state index contributed by atoms with van der Waals surface area (Å²) in [6.45, 7) is 9.90. The first-order chi connectivity index (χ1) is 13.4. The molecule has 151 valence electrons. The Balaban J connectivity index is 1.65. The van der Waals surface area contributed by atoms with Crippen molar-refractivity contribution in [3.05, 3.63) is 24.5 Å². The summed E-state index contributed by atoms with van der Waals surface area (Å²) >= 11 is 0. The highest BCUT2D eigenvalue weighted by molar-refractivity contribution is 6.08. The average molecular weight is 402 g/mol. The summed E-state index contributed by atoms with van der Waals surface area (Å²) in [5.41, 5.74) is 2.67. The van der Waals surface area contributed by atoms with E-state index in [0.29, 0.717) is 26.4 Å². The maximum atomic E-state index is 12.4. The number of anilines is 1. The van der Waals surface area contributed by atoms with Gasteiger partial charge in [-0.15, -0.1) is 0 Å². The maximum absolute atomic E-state index is 12.4. The molecule has 1 aliphatic heterocycles. The third-order valence-corrected chi connectivity index (χ3v) is 4.80. The lowest BCUT2D eigenvalue weighted by Crippen LogP contribution is -2.39. The van der Waals surface area contributed by atoms with Crippen LogP contribution in [-0.2, 0) is 16.2 Å². The van der Waals surface area contributed by atoms with Gasteiger partial charge < -0.3 is 23.8 Å². The Labute approximate surface area is 170 Å². The highest BCUT2D eigenvalue weighted by Gasteiger charge is 2.24. The number of nitrogens with zero attached hydrogens (tertiary/aromatic N) is 4. The fourth-order valence-electron chi connectivity index (χ4n) is 3.27. The van der Waals surface area contributed by atoms with Gasteiger partial charge in [0.1, 0.15) is 12.3 Å². The van der Waals surface area contributed by atoms with E-state index in [4.69, 9.17) is 9.47 Å². The van der Waals surface area contributed by atoms with Crippen LogP contribution in [0, 0.1) is 0 Å². The van der Waals surface area contributed by atoms with Crippen LogP contribution in [0.25, 0.3) is 11.0 Å². The van der Waals surface area contributed by atoms with Crippen LogP contribution in [0.2, 0.25) is 6.04 Å². The molecule has 0 bridgehead atoms. The van der Waals surface area contributed by atoms with Crippen molar-refractivity contribution in [3.63, 3.8) is 0 Å². The number of benzene rings is 1. The molecule has 0 unspecified atom stereocenters. The summed E-state index contributed by atoms with van der Waals surface area (Å²) in [7, 11) is 3.41. The number of fused-ring (bicyclic) bond motifs is 1. The summed E-state index contributed by atoms with van der Waals surface area (Å²) < 4.78 is 13.1. The lowest BCUT2D eigenvalue weighted by Gasteiger charge is -2.27. The van der Waals surface area contributed by atoms with Crippen LogP contribution in [0.4, 0.5) is 10.5 Å². The molecule has 3 radical (unpaired) electrons. The molecule has 1 fully saturated rings. The molecule has 0 spiro atoms. The van der Waals surface area contributed by atoms with Crippen molar-refractivity contribution in [2.45, 2.75) is 45.6 Å². The van der Waals surface area contributed by atoms with Gasteiger partial charge in [0.05, 0.1) is 17.4 Å². The maximum Gasteiger partial charge on any atom is 0.410 e. The van der Waals surface area contributed by atoms with E-state index in [0.717, 1.165) is 42.3 Å². The van der Waals surface area contributed by atoms with Crippen molar-refractivity contribution in [2.75, 3.05) is 37.7 Å². The van der Waals surface area contributed by atoms with E-state index in [-0.39, 0.29) is 6.09 Å². The van der Waals surface area contributed by atoms with Crippen LogP contribution in [0.1, 0.15) is 27.2 Å². The van der Waals surface area contributed by atoms with Crippen molar-refractivity contribution in [3.8, 4) is 0 Å². The highest BCUT2D eigenvalue weighted by atomic mass is 28.1. The summed E-state index contributed by atoms with van der Waals surface area (Å²) in [4.78, 5) is 21.0. The molecule has 0 N–H and O–H groups in total. The minimum absolute atomic E-state index is 0.230. The number of hydrogen-bond donors (Lipinski definition) is 0. The second-order valence-electron chi connectivity index (χ2n) is 7.98. The molecule has 0 aliphatic carbocycles. The van der Waals surface area contributed by atoms with E-state index in [1.165, 1.54) is 0 Å². The van der Waals surface area contributed by atoms with E-state index in [1.807, 2.05) is 31.7 Å². The molecule has 0 atom stereocenters. The first kappa shape index (κ1) is 20.7. The first-order valence-corrected chi connectivity index (χ1v) is 10.5. The summed E-state index contributed by atoms with van der Waals surface area (Å²) in [6, 6.07) is 7.13. The normalized spacial score (nSPS) is 15.7. The fraction of sp³-hybridized carbons (Fsp3) is 0.600. The van der Waals surface area contributed by atoms with Crippen molar-refractivity contribution in [1.29, 1.82) is 0 Å². The number of imidazole rings is 1. The molecule has 8 heteroatoms. The van der Waals surface area contributed by atoms with Gasteiger partial charge in [-0.3, -0.25) is 0 Å². The van der Waals surface area contributed by atoms with Crippen LogP contribution >= 0.6 is 0 Å². The number of amides is 1. The number of carbonyl (C=O) groups excluding carboxylic acids is 1. The largest absolute Gasteiger partial charge is 0.444 e. The van der Waals surface area contributed by atoms with E-state index >= 15 is 0 Å². The number of aromatic nitrogens is 2. The van der Waals surface area contributed by atoms with E-state index in [1.54, 1.807) is 4.90 Å². The molecule has 1 saturated heterocycles. The summed E-state index contributed by atoms with van der Waals surface area (Å²) in [5, 5.41) is 0. The Bertz CT molecular complexity index is 802. The van der Waals surface area contributed by atoms with Crippen molar-refractivity contribution in [1.82, 2.24) is 14.5 Å². The number of hydrogen-bond acceptors (Lipinski definition) is 5. The monoisotopic (exact) mass is 401 g/mol. The van der Waals surface area contributed by atoms with E-state index in [9.17, 15) is 4.79 Å². The van der Waals surface area contributed by atoms with Crippen LogP contribution in [-0.4, -0.2) is 69.2 Å². The molecule has 28 heavy (non-hydrogen) atoms. The van der Waals surface area contributed by atoms with Crippen molar-refractivity contribution < 1.29 is 14.3 Å². The average Bonchev–Trinajstić information content (AvgIpc) is 2.87. The van der Waals surface area contributed by atoms with Crippen molar-refractivity contribution in [2.24, 2.45) is 0 Å². The molecule has 1 aromatic carbocycles. The Kier molecular flexibility index (Phi) is 6.61. The zero-order valence-corrected chi connectivity index (χ0v) is 18.0. The minimum atomic E-state index is -0.467. The van der Waals surface area contributed by atoms with Gasteiger partial charge in [0.15, 0.2) is 0 Å². The van der Waals surface area contributed by atoms with E-state index in [2.05, 4.69) is 38.3 Å². The standard InChI is InChI=1S/C20H29N4O3Si/c1-20(2,3)27-19(25)23-8-4-7-22(9-10-23)16-5-6-18-17(13-16)21-14-24(18)15-26-11-12-28/h5-6,13-14H,4,7-12,15H2,1-3H3. The van der Waals surface area contributed by atoms with Gasteiger partial charge in [-0.1, -0.05) is 0 Å². The quantitative estimate of drug-likeness (QED) is 0.569. The zero-order valence-electron chi connectivity index (χ0n) is 17.0. The summed E-state index contributed by atoms with van der Waals surface area (Å²) in [5.74, 6) is 0. The summed E-state index contributed by atoms with van der Waals surface area (Å²) in [6.07, 6.45) is 2.49. The topological polar surface area (TPSA) is 59.8 Å². The first-order valence-electron chi connectivity index (χ1n) is 9.77. The zero-order chi connectivity index (χ0) is 20.1. The molecule has 1 aromatic heterocycles. The third-order valence-electron chi connectivity index (χ3n) is 4.59. The van der Waals surface area contributed by atoms with Gasteiger partial charge in [0, 0.05) is 48.7 Å². The molecular weight excluding hydrogens is 372 g/mol. The molecule has 0 saturated carbocycles. The van der Waals surface area contributed by atoms with Gasteiger partial charge in [-0.05, 0) is 51.4 Å². The molecule has 1 aliphatic rings. The van der Waals surface area contributed by atoms with Gasteiger partial charge in [-0.25, -0.2) is 9.78 Å². The predicted molar refractivity (Wildman–Crippen MR) is 111 cm³/mol. The van der Waals surface area contributed by atoms with Gasteiger partial charge in [0.2, 0.25) is 0 Å². The number of carbonyl (C=O) groups is 1.